The molecule has 0 atom stereocenters. The lowest BCUT2D eigenvalue weighted by atomic mass is 10.2. The fourth-order valence-electron chi connectivity index (χ4n) is 2.64. The SMILES string of the molecule is CCCC(=O)Nc1cccc(CN=C(NCC)NCc2ccc(OC)cc2)c1. The van der Waals surface area contributed by atoms with E-state index in [9.17, 15) is 4.79 Å². The maximum Gasteiger partial charge on any atom is 0.224 e. The van der Waals surface area contributed by atoms with Crippen molar-refractivity contribution >= 4 is 17.6 Å². The lowest BCUT2D eigenvalue weighted by Gasteiger charge is -2.12. The Labute approximate surface area is 167 Å². The number of ether oxygens (including phenoxy) is 1. The summed E-state index contributed by atoms with van der Waals surface area (Å²) in [4.78, 5) is 16.4. The van der Waals surface area contributed by atoms with Gasteiger partial charge in [0.2, 0.25) is 5.91 Å². The van der Waals surface area contributed by atoms with Crippen molar-refractivity contribution < 1.29 is 9.53 Å². The Bertz CT molecular complexity index is 772. The van der Waals surface area contributed by atoms with E-state index in [1.54, 1.807) is 7.11 Å². The Morgan fingerprint density at radius 3 is 2.50 bits per heavy atom. The molecule has 2 aromatic carbocycles. The van der Waals surface area contributed by atoms with Crippen LogP contribution in [-0.2, 0) is 17.9 Å². The smallest absolute Gasteiger partial charge is 0.224 e. The van der Waals surface area contributed by atoms with E-state index in [1.807, 2.05) is 62.4 Å². The van der Waals surface area contributed by atoms with Crippen LogP contribution in [0.4, 0.5) is 5.69 Å². The highest BCUT2D eigenvalue weighted by molar-refractivity contribution is 5.90. The normalized spacial score (nSPS) is 11.0. The number of rotatable bonds is 9. The largest absolute Gasteiger partial charge is 0.497 e. The van der Waals surface area contributed by atoms with Crippen molar-refractivity contribution in [3.05, 3.63) is 59.7 Å². The second-order valence-corrected chi connectivity index (χ2v) is 6.40. The Morgan fingerprint density at radius 1 is 1.04 bits per heavy atom. The predicted molar refractivity (Wildman–Crippen MR) is 115 cm³/mol. The molecule has 0 saturated carbocycles. The zero-order chi connectivity index (χ0) is 20.2. The van der Waals surface area contributed by atoms with Gasteiger partial charge in [0.05, 0.1) is 13.7 Å². The van der Waals surface area contributed by atoms with Crippen LogP contribution in [0.3, 0.4) is 0 Å². The average molecular weight is 383 g/mol. The Morgan fingerprint density at radius 2 is 1.82 bits per heavy atom. The van der Waals surface area contributed by atoms with E-state index in [2.05, 4.69) is 20.9 Å². The van der Waals surface area contributed by atoms with E-state index < -0.39 is 0 Å². The molecule has 0 spiro atoms. The number of guanidine groups is 1. The highest BCUT2D eigenvalue weighted by Gasteiger charge is 2.03. The summed E-state index contributed by atoms with van der Waals surface area (Å²) in [6.07, 6.45) is 1.37. The topological polar surface area (TPSA) is 74.8 Å². The molecule has 6 heteroatoms. The second kappa shape index (κ2) is 11.6. The van der Waals surface area contributed by atoms with Gasteiger partial charge in [0, 0.05) is 25.2 Å². The number of nitrogens with zero attached hydrogens (tertiary/aromatic N) is 1. The zero-order valence-corrected chi connectivity index (χ0v) is 16.9. The lowest BCUT2D eigenvalue weighted by molar-refractivity contribution is -0.116. The van der Waals surface area contributed by atoms with Crippen LogP contribution in [-0.4, -0.2) is 25.5 Å². The molecule has 0 unspecified atom stereocenters. The fraction of sp³-hybridized carbons (Fsp3) is 0.364. The summed E-state index contributed by atoms with van der Waals surface area (Å²) in [7, 11) is 1.66. The molecule has 2 rings (SSSR count). The molecule has 0 aliphatic heterocycles. The quantitative estimate of drug-likeness (QED) is 0.457. The molecule has 0 fully saturated rings. The molecule has 0 saturated heterocycles. The monoisotopic (exact) mass is 382 g/mol. The fourth-order valence-corrected chi connectivity index (χ4v) is 2.64. The van der Waals surface area contributed by atoms with E-state index in [4.69, 9.17) is 4.74 Å². The molecule has 2 aromatic rings. The van der Waals surface area contributed by atoms with Crippen molar-refractivity contribution in [3.63, 3.8) is 0 Å². The summed E-state index contributed by atoms with van der Waals surface area (Å²) in [6, 6.07) is 15.7. The third kappa shape index (κ3) is 7.31. The molecule has 0 aliphatic carbocycles. The van der Waals surface area contributed by atoms with Gasteiger partial charge in [-0.2, -0.15) is 0 Å². The Balaban J connectivity index is 1.96. The van der Waals surface area contributed by atoms with Gasteiger partial charge in [-0.1, -0.05) is 31.2 Å². The van der Waals surface area contributed by atoms with E-state index >= 15 is 0 Å². The number of carbonyl (C=O) groups excluding carboxylic acids is 1. The highest BCUT2D eigenvalue weighted by atomic mass is 16.5. The van der Waals surface area contributed by atoms with Gasteiger partial charge in [0.15, 0.2) is 5.96 Å². The van der Waals surface area contributed by atoms with Gasteiger partial charge < -0.3 is 20.7 Å². The highest BCUT2D eigenvalue weighted by Crippen LogP contribution is 2.13. The third-order valence-electron chi connectivity index (χ3n) is 4.07. The summed E-state index contributed by atoms with van der Waals surface area (Å²) >= 11 is 0. The van der Waals surface area contributed by atoms with Crippen LogP contribution in [0, 0.1) is 0 Å². The molecule has 150 valence electrons. The minimum absolute atomic E-state index is 0.0395. The van der Waals surface area contributed by atoms with E-state index in [1.165, 1.54) is 0 Å². The van der Waals surface area contributed by atoms with Crippen LogP contribution < -0.4 is 20.7 Å². The Kier molecular flexibility index (Phi) is 8.85. The van der Waals surface area contributed by atoms with Crippen molar-refractivity contribution in [1.29, 1.82) is 0 Å². The van der Waals surface area contributed by atoms with Crippen molar-refractivity contribution in [3.8, 4) is 5.75 Å². The number of methoxy groups -OCH3 is 1. The van der Waals surface area contributed by atoms with Gasteiger partial charge in [-0.25, -0.2) is 4.99 Å². The van der Waals surface area contributed by atoms with E-state index in [-0.39, 0.29) is 5.91 Å². The van der Waals surface area contributed by atoms with Gasteiger partial charge in [0.25, 0.3) is 0 Å². The number of amides is 1. The van der Waals surface area contributed by atoms with Crippen molar-refractivity contribution in [2.45, 2.75) is 39.8 Å². The predicted octanol–water partition coefficient (Wildman–Crippen LogP) is 3.69. The molecular weight excluding hydrogens is 352 g/mol. The molecule has 0 bridgehead atoms. The summed E-state index contributed by atoms with van der Waals surface area (Å²) < 4.78 is 5.19. The van der Waals surface area contributed by atoms with Crippen LogP contribution in [0.2, 0.25) is 0 Å². The summed E-state index contributed by atoms with van der Waals surface area (Å²) in [5.41, 5.74) is 2.99. The summed E-state index contributed by atoms with van der Waals surface area (Å²) in [6.45, 7) is 6.00. The number of carbonyl (C=O) groups is 1. The first-order valence-electron chi connectivity index (χ1n) is 9.68. The maximum absolute atomic E-state index is 11.8. The molecule has 3 N–H and O–H groups in total. The minimum atomic E-state index is 0.0395. The molecule has 0 radical (unpaired) electrons. The first-order valence-corrected chi connectivity index (χ1v) is 9.68. The first-order chi connectivity index (χ1) is 13.6. The van der Waals surface area contributed by atoms with Crippen molar-refractivity contribution in [2.24, 2.45) is 4.99 Å². The van der Waals surface area contributed by atoms with Crippen LogP contribution in [0.1, 0.15) is 37.8 Å². The van der Waals surface area contributed by atoms with Crippen LogP contribution >= 0.6 is 0 Å². The van der Waals surface area contributed by atoms with Crippen molar-refractivity contribution in [2.75, 3.05) is 19.0 Å². The average Bonchev–Trinajstić information content (AvgIpc) is 2.71. The van der Waals surface area contributed by atoms with Crippen LogP contribution in [0.15, 0.2) is 53.5 Å². The number of hydrogen-bond acceptors (Lipinski definition) is 3. The summed E-state index contributed by atoms with van der Waals surface area (Å²) in [5, 5.41) is 9.51. The van der Waals surface area contributed by atoms with Gasteiger partial charge in [-0.15, -0.1) is 0 Å². The Hall–Kier alpha value is -3.02. The van der Waals surface area contributed by atoms with E-state index in [0.717, 1.165) is 41.5 Å². The number of nitrogens with one attached hydrogen (secondary N) is 3. The first kappa shape index (κ1) is 21.3. The molecule has 28 heavy (non-hydrogen) atoms. The molecule has 0 aliphatic rings. The van der Waals surface area contributed by atoms with Crippen LogP contribution in [0.25, 0.3) is 0 Å². The maximum atomic E-state index is 11.8. The standard InChI is InChI=1S/C22H30N4O2/c1-4-7-21(27)26-19-9-6-8-18(14-19)16-25-22(23-5-2)24-15-17-10-12-20(28-3)13-11-17/h6,8-14H,4-5,7,15-16H2,1-3H3,(H,26,27)(H2,23,24,25). The second-order valence-electron chi connectivity index (χ2n) is 6.40. The number of hydrogen-bond donors (Lipinski definition) is 3. The lowest BCUT2D eigenvalue weighted by Crippen LogP contribution is -2.36. The number of benzene rings is 2. The van der Waals surface area contributed by atoms with Gasteiger partial charge in [-0.3, -0.25) is 4.79 Å². The van der Waals surface area contributed by atoms with Gasteiger partial charge in [0.1, 0.15) is 5.75 Å². The zero-order valence-electron chi connectivity index (χ0n) is 16.9. The molecule has 0 heterocycles. The minimum Gasteiger partial charge on any atom is -0.497 e. The number of aliphatic imine (C=N–C) groups is 1. The third-order valence-corrected chi connectivity index (χ3v) is 4.07. The van der Waals surface area contributed by atoms with E-state index in [0.29, 0.717) is 19.5 Å². The van der Waals surface area contributed by atoms with Crippen LogP contribution in [0.5, 0.6) is 5.75 Å². The van der Waals surface area contributed by atoms with Gasteiger partial charge in [-0.05, 0) is 48.7 Å². The molecule has 0 aromatic heterocycles. The van der Waals surface area contributed by atoms with Crippen molar-refractivity contribution in [1.82, 2.24) is 10.6 Å². The molecular formula is C22H30N4O2. The summed E-state index contributed by atoms with van der Waals surface area (Å²) in [5.74, 6) is 1.63. The number of anilines is 1. The molecule has 6 nitrogen and oxygen atoms in total. The molecule has 1 amide bonds. The van der Waals surface area contributed by atoms with Gasteiger partial charge >= 0.3 is 0 Å².